The van der Waals surface area contributed by atoms with Crippen molar-refractivity contribution >= 4 is 51.0 Å². The summed E-state index contributed by atoms with van der Waals surface area (Å²) in [6, 6.07) is 10.3. The van der Waals surface area contributed by atoms with Crippen LogP contribution in [0.5, 0.6) is 11.5 Å². The molecule has 1 amide bonds. The third-order valence-corrected chi connectivity index (χ3v) is 9.04. The maximum atomic E-state index is 13.3. The number of ether oxygens (including phenoxy) is 4. The minimum Gasteiger partial charge on any atom is -0.619 e. The van der Waals surface area contributed by atoms with Crippen molar-refractivity contribution in [3.05, 3.63) is 86.8 Å². The molecule has 1 atom stereocenters. The molecule has 1 heterocycles. The SMILES string of the molecule is CN(CC(=O)OC(Cc1c(Cl)c[n+]([O-])cc1Cl)c1ccc(OC(F)F)c(OCC2CC2)c1)Cc1ccc(N(C(=O)OC(C)(C)C)S(C)(=O)=O)cc1. The number of carbonyl (C=O) groups is 2. The zero-order chi connectivity index (χ0) is 37.7. The summed E-state index contributed by atoms with van der Waals surface area (Å²) in [5, 5.41) is 11.9. The van der Waals surface area contributed by atoms with E-state index in [2.05, 4.69) is 4.74 Å². The van der Waals surface area contributed by atoms with Gasteiger partial charge in [-0.05, 0) is 82.0 Å². The number of likely N-dealkylation sites (N-methyl/N-ethyl adjacent to an activating group) is 1. The maximum absolute atomic E-state index is 13.3. The molecule has 51 heavy (non-hydrogen) atoms. The van der Waals surface area contributed by atoms with E-state index in [4.69, 9.17) is 37.4 Å². The van der Waals surface area contributed by atoms with Crippen LogP contribution in [0.4, 0.5) is 19.3 Å². The first-order valence-electron chi connectivity index (χ1n) is 15.8. The largest absolute Gasteiger partial charge is 0.619 e. The van der Waals surface area contributed by atoms with Crippen molar-refractivity contribution < 1.29 is 50.5 Å². The van der Waals surface area contributed by atoms with Gasteiger partial charge in [0.25, 0.3) is 0 Å². The van der Waals surface area contributed by atoms with Crippen molar-refractivity contribution in [3.63, 3.8) is 0 Å². The Morgan fingerprint density at radius 3 is 2.22 bits per heavy atom. The smallest absolute Gasteiger partial charge is 0.428 e. The van der Waals surface area contributed by atoms with Crippen molar-refractivity contribution in [2.24, 2.45) is 5.92 Å². The van der Waals surface area contributed by atoms with Crippen LogP contribution >= 0.6 is 23.2 Å². The number of nitrogens with zero attached hydrogens (tertiary/aromatic N) is 3. The molecule has 1 aliphatic carbocycles. The van der Waals surface area contributed by atoms with Gasteiger partial charge in [-0.2, -0.15) is 17.8 Å². The molecule has 1 unspecified atom stereocenters. The topological polar surface area (TPSA) is 139 Å². The molecule has 1 saturated carbocycles. The summed E-state index contributed by atoms with van der Waals surface area (Å²) in [5.41, 5.74) is 0.531. The van der Waals surface area contributed by atoms with Crippen LogP contribution in [0, 0.1) is 11.1 Å². The summed E-state index contributed by atoms with van der Waals surface area (Å²) in [6.45, 7) is 2.08. The standard InChI is InChI=1S/C34H39Cl2F2N3O9S/c1-34(2,3)50-33(43)41(51(5,45)46)24-11-8-21(9-12-24)16-39(4)19-31(42)48-29(15-25-26(35)17-40(44)18-27(25)36)23-10-13-28(49-32(37)38)30(14-23)47-20-22-6-7-22/h8-14,17-18,22,29,32H,6-7,15-16,19-20H2,1-5H3. The van der Waals surface area contributed by atoms with E-state index in [-0.39, 0.29) is 46.7 Å². The molecule has 0 N–H and O–H groups in total. The first-order chi connectivity index (χ1) is 23.8. The van der Waals surface area contributed by atoms with Crippen LogP contribution in [-0.4, -0.2) is 64.0 Å². The van der Waals surface area contributed by atoms with Gasteiger partial charge in [-0.1, -0.05) is 41.4 Å². The minimum atomic E-state index is -4.02. The van der Waals surface area contributed by atoms with Gasteiger partial charge in [0.05, 0.1) is 25.1 Å². The number of anilines is 1. The molecule has 1 aromatic heterocycles. The highest BCUT2D eigenvalue weighted by atomic mass is 35.5. The molecular formula is C34H39Cl2F2N3O9S. The van der Waals surface area contributed by atoms with E-state index in [0.29, 0.717) is 38.3 Å². The number of halogens is 4. The highest BCUT2D eigenvalue weighted by molar-refractivity contribution is 7.92. The second kappa shape index (κ2) is 16.6. The molecule has 0 spiro atoms. The number of aromatic nitrogens is 1. The van der Waals surface area contributed by atoms with Crippen molar-refractivity contribution in [3.8, 4) is 11.5 Å². The summed E-state index contributed by atoms with van der Waals surface area (Å²) >= 11 is 12.7. The highest BCUT2D eigenvalue weighted by Gasteiger charge is 2.31. The summed E-state index contributed by atoms with van der Waals surface area (Å²) in [7, 11) is -2.36. The molecule has 17 heteroatoms. The fourth-order valence-corrected chi connectivity index (χ4v) is 6.33. The second-order valence-electron chi connectivity index (χ2n) is 13.2. The number of sulfonamides is 1. The van der Waals surface area contributed by atoms with Crippen LogP contribution in [0.15, 0.2) is 54.9 Å². The van der Waals surface area contributed by atoms with Crippen LogP contribution in [0.3, 0.4) is 0 Å². The Labute approximate surface area is 305 Å². The fourth-order valence-electron chi connectivity index (χ4n) is 4.92. The quantitative estimate of drug-likeness (QED) is 0.0935. The monoisotopic (exact) mass is 773 g/mol. The molecule has 4 rings (SSSR count). The first kappa shape index (κ1) is 39.9. The van der Waals surface area contributed by atoms with E-state index in [0.717, 1.165) is 31.5 Å². The Kier molecular flexibility index (Phi) is 13.0. The third kappa shape index (κ3) is 12.1. The van der Waals surface area contributed by atoms with E-state index in [1.807, 2.05) is 0 Å². The Bertz CT molecular complexity index is 1800. The number of amides is 1. The number of pyridine rings is 1. The van der Waals surface area contributed by atoms with Crippen molar-refractivity contribution in [1.82, 2.24) is 4.90 Å². The van der Waals surface area contributed by atoms with Gasteiger partial charge in [-0.15, -0.1) is 0 Å². The highest BCUT2D eigenvalue weighted by Crippen LogP contribution is 2.38. The number of carbonyl (C=O) groups excluding carboxylic acids is 2. The van der Waals surface area contributed by atoms with Crippen LogP contribution in [0.1, 0.15) is 56.4 Å². The lowest BCUT2D eigenvalue weighted by molar-refractivity contribution is -0.605. The lowest BCUT2D eigenvalue weighted by Crippen LogP contribution is -2.40. The summed E-state index contributed by atoms with van der Waals surface area (Å²) in [5.74, 6) is -0.496. The zero-order valence-corrected chi connectivity index (χ0v) is 30.9. The number of alkyl halides is 2. The lowest BCUT2D eigenvalue weighted by atomic mass is 10.0. The van der Waals surface area contributed by atoms with Crippen LogP contribution in [0.2, 0.25) is 10.0 Å². The summed E-state index contributed by atoms with van der Waals surface area (Å²) in [6.07, 6.45) is 2.86. The van der Waals surface area contributed by atoms with Crippen LogP contribution in [-0.2, 0) is 37.3 Å². The zero-order valence-electron chi connectivity index (χ0n) is 28.6. The van der Waals surface area contributed by atoms with Gasteiger partial charge in [0.2, 0.25) is 10.0 Å². The third-order valence-electron chi connectivity index (χ3n) is 7.36. The van der Waals surface area contributed by atoms with Crippen LogP contribution < -0.4 is 18.5 Å². The van der Waals surface area contributed by atoms with Gasteiger partial charge in [0.15, 0.2) is 23.9 Å². The number of hydrogen-bond donors (Lipinski definition) is 0. The Balaban J connectivity index is 1.52. The molecule has 12 nitrogen and oxygen atoms in total. The predicted molar refractivity (Wildman–Crippen MR) is 186 cm³/mol. The van der Waals surface area contributed by atoms with Gasteiger partial charge >= 0.3 is 18.7 Å². The Morgan fingerprint density at radius 1 is 1.04 bits per heavy atom. The van der Waals surface area contributed by atoms with E-state index in [1.54, 1.807) is 44.9 Å². The molecule has 0 saturated heterocycles. The van der Waals surface area contributed by atoms with Crippen molar-refractivity contribution in [1.29, 1.82) is 0 Å². The summed E-state index contributed by atoms with van der Waals surface area (Å²) < 4.78 is 73.8. The van der Waals surface area contributed by atoms with Gasteiger partial charge in [-0.25, -0.2) is 13.2 Å². The molecule has 1 aliphatic rings. The van der Waals surface area contributed by atoms with E-state index in [1.165, 1.54) is 30.3 Å². The van der Waals surface area contributed by atoms with E-state index >= 15 is 0 Å². The van der Waals surface area contributed by atoms with Crippen LogP contribution in [0.25, 0.3) is 0 Å². The molecule has 0 bridgehead atoms. The Morgan fingerprint density at radius 2 is 1.67 bits per heavy atom. The average molecular weight is 775 g/mol. The number of esters is 1. The first-order valence-corrected chi connectivity index (χ1v) is 18.4. The Hall–Kier alpha value is -3.92. The summed E-state index contributed by atoms with van der Waals surface area (Å²) in [4.78, 5) is 27.7. The second-order valence-corrected chi connectivity index (χ2v) is 15.8. The molecule has 3 aromatic rings. The van der Waals surface area contributed by atoms with Crippen molar-refractivity contribution in [2.45, 2.75) is 64.9 Å². The maximum Gasteiger partial charge on any atom is 0.428 e. The number of benzene rings is 2. The van der Waals surface area contributed by atoms with E-state index in [9.17, 15) is 32.0 Å². The fraction of sp³-hybridized carbons (Fsp3) is 0.441. The predicted octanol–water partition coefficient (Wildman–Crippen LogP) is 6.68. The number of hydrogen-bond acceptors (Lipinski definition) is 10. The van der Waals surface area contributed by atoms with Gasteiger partial charge < -0.3 is 24.2 Å². The average Bonchev–Trinajstić information content (AvgIpc) is 3.81. The molecule has 0 radical (unpaired) electrons. The van der Waals surface area contributed by atoms with Gasteiger partial charge in [0.1, 0.15) is 21.8 Å². The van der Waals surface area contributed by atoms with E-state index < -0.39 is 40.4 Å². The molecule has 278 valence electrons. The lowest BCUT2D eigenvalue weighted by Gasteiger charge is -2.26. The molecule has 2 aromatic carbocycles. The minimum absolute atomic E-state index is 0.0306. The normalized spacial score (nSPS) is 13.9. The van der Waals surface area contributed by atoms with Gasteiger partial charge in [0, 0.05) is 18.5 Å². The molecular weight excluding hydrogens is 735 g/mol. The number of rotatable bonds is 15. The van der Waals surface area contributed by atoms with Crippen molar-refractivity contribution in [2.75, 3.05) is 30.8 Å². The molecule has 0 aliphatic heterocycles. The molecule has 1 fully saturated rings. The van der Waals surface area contributed by atoms with Gasteiger partial charge in [-0.3, -0.25) is 9.69 Å².